The molecule has 0 aromatic heterocycles. The van der Waals surface area contributed by atoms with Crippen molar-refractivity contribution in [2.75, 3.05) is 19.3 Å². The van der Waals surface area contributed by atoms with Crippen LogP contribution in [0.5, 0.6) is 0 Å². The van der Waals surface area contributed by atoms with Gasteiger partial charge in [-0.25, -0.2) is 0 Å². The number of hydrogen-bond donors (Lipinski definition) is 2. The Hall–Kier alpha value is -0.730. The molecule has 1 rings (SSSR count). The van der Waals surface area contributed by atoms with Crippen molar-refractivity contribution in [3.63, 3.8) is 0 Å². The van der Waals surface area contributed by atoms with Crippen LogP contribution in [-0.4, -0.2) is 36.0 Å². The zero-order valence-electron chi connectivity index (χ0n) is 10.6. The molecule has 0 radical (unpaired) electrons. The predicted molar refractivity (Wildman–Crippen MR) is 70.8 cm³/mol. The van der Waals surface area contributed by atoms with Gasteiger partial charge in [-0.2, -0.15) is 5.26 Å². The lowest BCUT2D eigenvalue weighted by Crippen LogP contribution is -2.48. The minimum Gasteiger partial charge on any atom is -0.358 e. The first-order valence-electron chi connectivity index (χ1n) is 6.14. The Morgan fingerprint density at radius 1 is 1.65 bits per heavy atom. The molecule has 0 aliphatic heterocycles. The van der Waals surface area contributed by atoms with Crippen LogP contribution < -0.4 is 10.6 Å². The van der Waals surface area contributed by atoms with Crippen LogP contribution in [0.4, 0.5) is 0 Å². The van der Waals surface area contributed by atoms with Crippen LogP contribution in [0.15, 0.2) is 0 Å². The molecular weight excluding hydrogens is 234 g/mol. The van der Waals surface area contributed by atoms with Gasteiger partial charge in [0, 0.05) is 12.3 Å². The number of nitrogens with zero attached hydrogens (tertiary/aromatic N) is 1. The van der Waals surface area contributed by atoms with Crippen LogP contribution in [0.2, 0.25) is 0 Å². The molecule has 2 N–H and O–H groups in total. The SMILES string of the molecule is CCNC1(C#N)CCCC(SCC(=O)NC)C1. The maximum atomic E-state index is 11.2. The largest absolute Gasteiger partial charge is 0.358 e. The Morgan fingerprint density at radius 3 is 3.00 bits per heavy atom. The fourth-order valence-electron chi connectivity index (χ4n) is 2.27. The maximum absolute atomic E-state index is 11.2. The standard InChI is InChI=1S/C12H21N3OS/c1-3-15-12(9-13)6-4-5-10(7-12)17-8-11(16)14-2/h10,15H,3-8H2,1-2H3,(H,14,16). The van der Waals surface area contributed by atoms with Gasteiger partial charge in [0.05, 0.1) is 11.8 Å². The summed E-state index contributed by atoms with van der Waals surface area (Å²) in [5.74, 6) is 0.556. The molecule has 2 unspecified atom stereocenters. The molecule has 0 aromatic rings. The third-order valence-electron chi connectivity index (χ3n) is 3.16. The molecule has 0 spiro atoms. The summed E-state index contributed by atoms with van der Waals surface area (Å²) >= 11 is 1.67. The van der Waals surface area contributed by atoms with Crippen LogP contribution >= 0.6 is 11.8 Å². The summed E-state index contributed by atoms with van der Waals surface area (Å²) in [5, 5.41) is 15.7. The van der Waals surface area contributed by atoms with Crippen molar-refractivity contribution in [2.24, 2.45) is 0 Å². The van der Waals surface area contributed by atoms with Gasteiger partial charge in [-0.1, -0.05) is 6.92 Å². The van der Waals surface area contributed by atoms with Gasteiger partial charge in [0.1, 0.15) is 5.54 Å². The normalized spacial score (nSPS) is 28.4. The average molecular weight is 255 g/mol. The minimum atomic E-state index is -0.368. The van der Waals surface area contributed by atoms with E-state index in [9.17, 15) is 10.1 Å². The summed E-state index contributed by atoms with van der Waals surface area (Å²) < 4.78 is 0. The predicted octanol–water partition coefficient (Wildman–Crippen LogP) is 1.28. The van der Waals surface area contributed by atoms with Gasteiger partial charge < -0.3 is 5.32 Å². The molecule has 0 aromatic carbocycles. The monoisotopic (exact) mass is 255 g/mol. The van der Waals surface area contributed by atoms with E-state index >= 15 is 0 Å². The molecular formula is C12H21N3OS. The van der Waals surface area contributed by atoms with Gasteiger partial charge in [-0.05, 0) is 32.2 Å². The third-order valence-corrected chi connectivity index (χ3v) is 4.47. The molecule has 1 aliphatic carbocycles. The van der Waals surface area contributed by atoms with Crippen molar-refractivity contribution >= 4 is 17.7 Å². The first-order chi connectivity index (χ1) is 8.15. The number of rotatable bonds is 5. The Kier molecular flexibility index (Phi) is 5.79. The molecule has 0 bridgehead atoms. The molecule has 1 fully saturated rings. The Morgan fingerprint density at radius 2 is 2.41 bits per heavy atom. The van der Waals surface area contributed by atoms with Crippen molar-refractivity contribution in [1.29, 1.82) is 5.26 Å². The van der Waals surface area contributed by atoms with Crippen molar-refractivity contribution in [1.82, 2.24) is 10.6 Å². The van der Waals surface area contributed by atoms with Crippen molar-refractivity contribution < 1.29 is 4.79 Å². The van der Waals surface area contributed by atoms with Gasteiger partial charge in [0.15, 0.2) is 0 Å². The van der Waals surface area contributed by atoms with Crippen LogP contribution in [-0.2, 0) is 4.79 Å². The summed E-state index contributed by atoms with van der Waals surface area (Å²) in [4.78, 5) is 11.2. The lowest BCUT2D eigenvalue weighted by molar-refractivity contribution is -0.118. The second-order valence-corrected chi connectivity index (χ2v) is 5.72. The lowest BCUT2D eigenvalue weighted by atomic mass is 9.82. The first kappa shape index (κ1) is 14.3. The number of nitriles is 1. The Labute approximate surface area is 108 Å². The molecule has 0 saturated heterocycles. The quantitative estimate of drug-likeness (QED) is 0.777. The van der Waals surface area contributed by atoms with Crippen LogP contribution in [0.1, 0.15) is 32.6 Å². The van der Waals surface area contributed by atoms with Gasteiger partial charge >= 0.3 is 0 Å². The highest BCUT2D eigenvalue weighted by atomic mass is 32.2. The summed E-state index contributed by atoms with van der Waals surface area (Å²) in [6.45, 7) is 2.85. The number of carbonyl (C=O) groups excluding carboxylic acids is 1. The number of thioether (sulfide) groups is 1. The van der Waals surface area contributed by atoms with E-state index in [0.717, 1.165) is 32.2 Å². The lowest BCUT2D eigenvalue weighted by Gasteiger charge is -2.36. The van der Waals surface area contributed by atoms with Crippen LogP contribution in [0, 0.1) is 11.3 Å². The van der Waals surface area contributed by atoms with Crippen molar-refractivity contribution in [3.8, 4) is 6.07 Å². The number of carbonyl (C=O) groups is 1. The summed E-state index contributed by atoms with van der Waals surface area (Å²) in [7, 11) is 1.65. The molecule has 2 atom stereocenters. The van der Waals surface area contributed by atoms with E-state index in [1.54, 1.807) is 18.8 Å². The Bertz CT molecular complexity index is 299. The molecule has 17 heavy (non-hydrogen) atoms. The molecule has 4 nitrogen and oxygen atoms in total. The van der Waals surface area contributed by atoms with E-state index < -0.39 is 0 Å². The molecule has 1 amide bonds. The number of amides is 1. The maximum Gasteiger partial charge on any atom is 0.229 e. The van der Waals surface area contributed by atoms with E-state index in [0.29, 0.717) is 11.0 Å². The topological polar surface area (TPSA) is 64.9 Å². The molecule has 5 heteroatoms. The van der Waals surface area contributed by atoms with E-state index in [4.69, 9.17) is 0 Å². The summed E-state index contributed by atoms with van der Waals surface area (Å²) in [6.07, 6.45) is 3.94. The van der Waals surface area contributed by atoms with Crippen molar-refractivity contribution in [3.05, 3.63) is 0 Å². The highest BCUT2D eigenvalue weighted by Gasteiger charge is 2.35. The molecule has 0 heterocycles. The highest BCUT2D eigenvalue weighted by molar-refractivity contribution is 8.00. The van der Waals surface area contributed by atoms with Crippen LogP contribution in [0.25, 0.3) is 0 Å². The average Bonchev–Trinajstić information content (AvgIpc) is 2.36. The zero-order chi connectivity index (χ0) is 12.7. The van der Waals surface area contributed by atoms with E-state index in [-0.39, 0.29) is 11.4 Å². The summed E-state index contributed by atoms with van der Waals surface area (Å²) in [6, 6.07) is 2.42. The zero-order valence-corrected chi connectivity index (χ0v) is 11.4. The molecule has 96 valence electrons. The number of nitrogens with one attached hydrogen (secondary N) is 2. The number of hydrogen-bond acceptors (Lipinski definition) is 4. The van der Waals surface area contributed by atoms with Crippen molar-refractivity contribution in [2.45, 2.75) is 43.4 Å². The second kappa shape index (κ2) is 6.87. The molecule has 1 aliphatic rings. The van der Waals surface area contributed by atoms with E-state index in [1.807, 2.05) is 6.92 Å². The Balaban J connectivity index is 2.48. The van der Waals surface area contributed by atoms with Crippen LogP contribution in [0.3, 0.4) is 0 Å². The fourth-order valence-corrected chi connectivity index (χ4v) is 3.54. The third kappa shape index (κ3) is 4.21. The minimum absolute atomic E-state index is 0.0616. The second-order valence-electron chi connectivity index (χ2n) is 4.43. The molecule has 1 saturated carbocycles. The smallest absolute Gasteiger partial charge is 0.229 e. The van der Waals surface area contributed by atoms with Gasteiger partial charge in [-0.3, -0.25) is 10.1 Å². The first-order valence-corrected chi connectivity index (χ1v) is 7.19. The highest BCUT2D eigenvalue weighted by Crippen LogP contribution is 2.34. The summed E-state index contributed by atoms with van der Waals surface area (Å²) in [5.41, 5.74) is -0.368. The van der Waals surface area contributed by atoms with E-state index in [2.05, 4.69) is 16.7 Å². The van der Waals surface area contributed by atoms with Gasteiger partial charge in [0.2, 0.25) is 5.91 Å². The fraction of sp³-hybridized carbons (Fsp3) is 0.833. The van der Waals surface area contributed by atoms with Gasteiger partial charge in [-0.15, -0.1) is 11.8 Å². The van der Waals surface area contributed by atoms with E-state index in [1.165, 1.54) is 0 Å². The van der Waals surface area contributed by atoms with Gasteiger partial charge in [0.25, 0.3) is 0 Å².